The van der Waals surface area contributed by atoms with E-state index in [1.807, 2.05) is 0 Å². The molecular weight excluding hydrogens is 264 g/mol. The molecule has 17 heavy (non-hydrogen) atoms. The molecule has 0 spiro atoms. The van der Waals surface area contributed by atoms with Crippen LogP contribution >= 0.6 is 11.6 Å². The molecular formula is C10H15ClN2O3S. The first-order valence-corrected chi connectivity index (χ1v) is 7.50. The Morgan fingerprint density at radius 1 is 1.41 bits per heavy atom. The highest BCUT2D eigenvalue weighted by atomic mass is 35.5. The second kappa shape index (κ2) is 5.64. The lowest BCUT2D eigenvalue weighted by Crippen LogP contribution is -2.27. The van der Waals surface area contributed by atoms with Gasteiger partial charge in [0.1, 0.15) is 11.0 Å². The molecule has 0 N–H and O–H groups in total. The van der Waals surface area contributed by atoms with Crippen molar-refractivity contribution in [3.8, 4) is 0 Å². The second-order valence-electron chi connectivity index (χ2n) is 3.77. The van der Waals surface area contributed by atoms with Crippen molar-refractivity contribution in [2.24, 2.45) is 0 Å². The van der Waals surface area contributed by atoms with Gasteiger partial charge >= 0.3 is 0 Å². The molecule has 0 bridgehead atoms. The lowest BCUT2D eigenvalue weighted by molar-refractivity contribution is 0.582. The van der Waals surface area contributed by atoms with Gasteiger partial charge < -0.3 is 0 Å². The van der Waals surface area contributed by atoms with E-state index in [4.69, 9.17) is 11.6 Å². The fourth-order valence-corrected chi connectivity index (χ4v) is 3.00. The van der Waals surface area contributed by atoms with Gasteiger partial charge in [0.15, 0.2) is 9.84 Å². The van der Waals surface area contributed by atoms with Crippen molar-refractivity contribution in [2.75, 3.05) is 11.5 Å². The van der Waals surface area contributed by atoms with Gasteiger partial charge in [-0.1, -0.05) is 18.5 Å². The van der Waals surface area contributed by atoms with Crippen molar-refractivity contribution in [3.05, 3.63) is 27.4 Å². The average Bonchev–Trinajstić information content (AvgIpc) is 2.15. The first-order valence-electron chi connectivity index (χ1n) is 5.30. The van der Waals surface area contributed by atoms with Gasteiger partial charge in [-0.25, -0.2) is 13.4 Å². The molecule has 0 aromatic carbocycles. The molecule has 0 atom stereocenters. The lowest BCUT2D eigenvalue weighted by atomic mass is 10.5. The van der Waals surface area contributed by atoms with E-state index < -0.39 is 9.84 Å². The SMILES string of the molecule is CCCS(=O)(=O)CCn1c(C)nc(Cl)cc1=O. The number of sulfone groups is 1. The highest BCUT2D eigenvalue weighted by molar-refractivity contribution is 7.91. The minimum Gasteiger partial charge on any atom is -0.296 e. The maximum absolute atomic E-state index is 11.6. The van der Waals surface area contributed by atoms with Gasteiger partial charge in [0.25, 0.3) is 5.56 Å². The minimum absolute atomic E-state index is 0.0507. The van der Waals surface area contributed by atoms with Crippen LogP contribution in [-0.4, -0.2) is 29.5 Å². The van der Waals surface area contributed by atoms with Gasteiger partial charge in [0.05, 0.1) is 5.75 Å². The summed E-state index contributed by atoms with van der Waals surface area (Å²) >= 11 is 5.62. The van der Waals surface area contributed by atoms with Crippen molar-refractivity contribution in [1.82, 2.24) is 9.55 Å². The number of nitrogens with zero attached hydrogens (tertiary/aromatic N) is 2. The van der Waals surface area contributed by atoms with E-state index in [1.54, 1.807) is 13.8 Å². The summed E-state index contributed by atoms with van der Waals surface area (Å²) in [5, 5.41) is 0.125. The number of rotatable bonds is 5. The van der Waals surface area contributed by atoms with Crippen LogP contribution < -0.4 is 5.56 Å². The summed E-state index contributed by atoms with van der Waals surface area (Å²) in [4.78, 5) is 15.5. The monoisotopic (exact) mass is 278 g/mol. The maximum Gasteiger partial charge on any atom is 0.255 e. The van der Waals surface area contributed by atoms with Crippen LogP contribution in [0.1, 0.15) is 19.2 Å². The molecule has 1 aromatic heterocycles. The Morgan fingerprint density at radius 2 is 2.06 bits per heavy atom. The second-order valence-corrected chi connectivity index (χ2v) is 6.46. The van der Waals surface area contributed by atoms with E-state index in [2.05, 4.69) is 4.98 Å². The van der Waals surface area contributed by atoms with Crippen LogP contribution in [0.15, 0.2) is 10.9 Å². The van der Waals surface area contributed by atoms with E-state index in [9.17, 15) is 13.2 Å². The molecule has 0 fully saturated rings. The molecule has 0 aliphatic rings. The molecule has 0 unspecified atom stereocenters. The summed E-state index contributed by atoms with van der Waals surface area (Å²) in [5.41, 5.74) is -0.325. The summed E-state index contributed by atoms with van der Waals surface area (Å²) in [5.74, 6) is 0.515. The van der Waals surface area contributed by atoms with Crippen LogP contribution in [0.3, 0.4) is 0 Å². The number of hydrogen-bond acceptors (Lipinski definition) is 4. The van der Waals surface area contributed by atoms with Gasteiger partial charge in [-0.15, -0.1) is 0 Å². The van der Waals surface area contributed by atoms with Gasteiger partial charge in [-0.2, -0.15) is 0 Å². The van der Waals surface area contributed by atoms with Crippen LogP contribution in [0, 0.1) is 6.92 Å². The van der Waals surface area contributed by atoms with Crippen molar-refractivity contribution >= 4 is 21.4 Å². The predicted octanol–water partition coefficient (Wildman–Crippen LogP) is 1.03. The maximum atomic E-state index is 11.6. The fraction of sp³-hybridized carbons (Fsp3) is 0.600. The molecule has 96 valence electrons. The van der Waals surface area contributed by atoms with E-state index in [0.717, 1.165) is 0 Å². The Balaban J connectivity index is 2.87. The number of aryl methyl sites for hydroxylation is 1. The number of halogens is 1. The van der Waals surface area contributed by atoms with E-state index >= 15 is 0 Å². The van der Waals surface area contributed by atoms with Crippen molar-refractivity contribution in [2.45, 2.75) is 26.8 Å². The van der Waals surface area contributed by atoms with Gasteiger partial charge in [-0.05, 0) is 13.3 Å². The zero-order valence-electron chi connectivity index (χ0n) is 9.81. The molecule has 0 saturated carbocycles. The largest absolute Gasteiger partial charge is 0.296 e. The Kier molecular flexibility index (Phi) is 4.70. The third-order valence-electron chi connectivity index (χ3n) is 2.31. The zero-order chi connectivity index (χ0) is 13.1. The normalized spacial score (nSPS) is 11.7. The summed E-state index contributed by atoms with van der Waals surface area (Å²) in [7, 11) is -3.09. The first kappa shape index (κ1) is 14.2. The van der Waals surface area contributed by atoms with Crippen LogP contribution in [0.2, 0.25) is 5.15 Å². The zero-order valence-corrected chi connectivity index (χ0v) is 11.4. The summed E-state index contributed by atoms with van der Waals surface area (Å²) in [6.45, 7) is 3.55. The van der Waals surface area contributed by atoms with Crippen molar-refractivity contribution in [3.63, 3.8) is 0 Å². The van der Waals surface area contributed by atoms with Gasteiger partial charge in [0, 0.05) is 18.4 Å². The minimum atomic E-state index is -3.09. The Labute approximate surface area is 105 Å². The van der Waals surface area contributed by atoms with E-state index in [0.29, 0.717) is 12.2 Å². The lowest BCUT2D eigenvalue weighted by Gasteiger charge is -2.09. The number of hydrogen-bond donors (Lipinski definition) is 0. The molecule has 1 aromatic rings. The van der Waals surface area contributed by atoms with Gasteiger partial charge in [-0.3, -0.25) is 9.36 Å². The smallest absolute Gasteiger partial charge is 0.255 e. The number of aromatic nitrogens is 2. The van der Waals surface area contributed by atoms with E-state index in [1.165, 1.54) is 10.6 Å². The topological polar surface area (TPSA) is 69.0 Å². The molecule has 1 rings (SSSR count). The van der Waals surface area contributed by atoms with Crippen molar-refractivity contribution in [1.29, 1.82) is 0 Å². The molecule has 0 amide bonds. The van der Waals surface area contributed by atoms with Crippen molar-refractivity contribution < 1.29 is 8.42 Å². The Morgan fingerprint density at radius 3 is 2.59 bits per heavy atom. The van der Waals surface area contributed by atoms with Crippen LogP contribution in [0.25, 0.3) is 0 Å². The third-order valence-corrected chi connectivity index (χ3v) is 4.34. The van der Waals surface area contributed by atoms with Crippen LogP contribution in [0.5, 0.6) is 0 Å². The average molecular weight is 279 g/mol. The molecule has 0 saturated heterocycles. The first-order chi connectivity index (χ1) is 7.85. The molecule has 0 aliphatic heterocycles. The molecule has 7 heteroatoms. The van der Waals surface area contributed by atoms with Gasteiger partial charge in [0.2, 0.25) is 0 Å². The van der Waals surface area contributed by atoms with E-state index in [-0.39, 0.29) is 28.8 Å². The quantitative estimate of drug-likeness (QED) is 0.755. The fourth-order valence-electron chi connectivity index (χ4n) is 1.50. The predicted molar refractivity (Wildman–Crippen MR) is 67.2 cm³/mol. The Hall–Kier alpha value is -0.880. The molecule has 5 nitrogen and oxygen atoms in total. The Bertz CT molecular complexity index is 551. The summed E-state index contributed by atoms with van der Waals surface area (Å²) in [6, 6.07) is 1.18. The van der Waals surface area contributed by atoms with Crippen LogP contribution in [-0.2, 0) is 16.4 Å². The third kappa shape index (κ3) is 4.12. The molecule has 0 aliphatic carbocycles. The summed E-state index contributed by atoms with van der Waals surface area (Å²) < 4.78 is 24.4. The summed E-state index contributed by atoms with van der Waals surface area (Å²) in [6.07, 6.45) is 0.578. The highest BCUT2D eigenvalue weighted by Gasteiger charge is 2.11. The molecule has 0 radical (unpaired) electrons. The standard InChI is InChI=1S/C10H15ClN2O3S/c1-3-5-17(15,16)6-4-13-8(2)12-9(11)7-10(13)14/h7H,3-6H2,1-2H3. The molecule has 1 heterocycles. The van der Waals surface area contributed by atoms with Crippen LogP contribution in [0.4, 0.5) is 0 Å². The highest BCUT2D eigenvalue weighted by Crippen LogP contribution is 2.02.